The maximum absolute atomic E-state index is 12.6. The lowest BCUT2D eigenvalue weighted by Crippen LogP contribution is -2.37. The first-order valence-corrected chi connectivity index (χ1v) is 6.79. The minimum atomic E-state index is -0.378. The second kappa shape index (κ2) is 5.65. The normalized spacial score (nSPS) is 20.6. The lowest BCUT2D eigenvalue weighted by atomic mass is 10.1. The van der Waals surface area contributed by atoms with E-state index in [1.807, 2.05) is 11.8 Å². The van der Waals surface area contributed by atoms with E-state index in [0.29, 0.717) is 17.7 Å². The highest BCUT2D eigenvalue weighted by Crippen LogP contribution is 2.24. The van der Waals surface area contributed by atoms with Crippen molar-refractivity contribution in [1.82, 2.24) is 15.1 Å². The van der Waals surface area contributed by atoms with Crippen molar-refractivity contribution in [2.75, 3.05) is 6.54 Å². The zero-order valence-corrected chi connectivity index (χ0v) is 11.8. The first-order chi connectivity index (χ1) is 8.99. The fraction of sp³-hybridized carbons (Fsp3) is 0.643. The van der Waals surface area contributed by atoms with Crippen LogP contribution in [0, 0.1) is 13.8 Å². The summed E-state index contributed by atoms with van der Waals surface area (Å²) in [5.74, 6) is 0.0126. The van der Waals surface area contributed by atoms with Crippen molar-refractivity contribution in [3.05, 3.63) is 23.0 Å². The number of aryl methyl sites for hydroxylation is 2. The largest absolute Gasteiger partial charge is 0.393 e. The summed E-state index contributed by atoms with van der Waals surface area (Å²) in [6.45, 7) is 6.17. The smallest absolute Gasteiger partial charge is 0.256 e. The average Bonchev–Trinajstić information content (AvgIpc) is 2.78. The maximum atomic E-state index is 12.6. The van der Waals surface area contributed by atoms with Crippen molar-refractivity contribution >= 4 is 5.91 Å². The van der Waals surface area contributed by atoms with Crippen molar-refractivity contribution in [2.24, 2.45) is 0 Å². The van der Waals surface area contributed by atoms with Crippen molar-refractivity contribution in [2.45, 2.75) is 52.2 Å². The molecule has 1 aliphatic rings. The molecule has 5 heteroatoms. The molecule has 2 rings (SSSR count). The Labute approximate surface area is 113 Å². The molecule has 0 aromatic carbocycles. The second-order valence-electron chi connectivity index (χ2n) is 5.36. The molecule has 0 spiro atoms. The number of carbonyl (C=O) groups excluding carboxylic acids is 1. The van der Waals surface area contributed by atoms with Crippen molar-refractivity contribution in [3.63, 3.8) is 0 Å². The number of amides is 1. The lowest BCUT2D eigenvalue weighted by molar-refractivity contribution is 0.0680. The van der Waals surface area contributed by atoms with Crippen LogP contribution in [0.5, 0.6) is 0 Å². The number of hydrogen-bond donors (Lipinski definition) is 1. The summed E-state index contributed by atoms with van der Waals surface area (Å²) < 4.78 is 0. The molecule has 1 N–H and O–H groups in total. The fourth-order valence-electron chi connectivity index (χ4n) is 2.66. The minimum Gasteiger partial charge on any atom is -0.393 e. The number of aliphatic hydroxyl groups excluding tert-OH is 1. The third-order valence-electron chi connectivity index (χ3n) is 3.58. The lowest BCUT2D eigenvalue weighted by Gasteiger charge is -2.26. The molecule has 2 unspecified atom stereocenters. The number of aliphatic hydroxyl groups is 1. The number of aromatic nitrogens is 2. The van der Waals surface area contributed by atoms with E-state index in [2.05, 4.69) is 10.2 Å². The zero-order chi connectivity index (χ0) is 14.0. The van der Waals surface area contributed by atoms with Crippen LogP contribution in [0.2, 0.25) is 0 Å². The molecule has 5 nitrogen and oxygen atoms in total. The molecule has 1 amide bonds. The molecule has 1 saturated heterocycles. The van der Waals surface area contributed by atoms with Crippen molar-refractivity contribution in [1.29, 1.82) is 0 Å². The molecule has 1 aromatic heterocycles. The Morgan fingerprint density at radius 1 is 1.53 bits per heavy atom. The molecule has 1 aromatic rings. The van der Waals surface area contributed by atoms with E-state index in [1.54, 1.807) is 19.9 Å². The van der Waals surface area contributed by atoms with Crippen LogP contribution in [-0.4, -0.2) is 44.8 Å². The van der Waals surface area contributed by atoms with E-state index in [9.17, 15) is 9.90 Å². The van der Waals surface area contributed by atoms with Crippen molar-refractivity contribution < 1.29 is 9.90 Å². The third-order valence-corrected chi connectivity index (χ3v) is 3.58. The van der Waals surface area contributed by atoms with E-state index in [1.165, 1.54) is 0 Å². The van der Waals surface area contributed by atoms with Crippen LogP contribution >= 0.6 is 0 Å². The van der Waals surface area contributed by atoms with Gasteiger partial charge in [-0.15, -0.1) is 0 Å². The quantitative estimate of drug-likeness (QED) is 0.896. The Morgan fingerprint density at radius 2 is 2.26 bits per heavy atom. The van der Waals surface area contributed by atoms with Crippen LogP contribution in [0.25, 0.3) is 0 Å². The summed E-state index contributed by atoms with van der Waals surface area (Å²) in [4.78, 5) is 14.5. The summed E-state index contributed by atoms with van der Waals surface area (Å²) in [5.41, 5.74) is 2.04. The molecular formula is C14H21N3O2. The highest BCUT2D eigenvalue weighted by Gasteiger charge is 2.31. The molecule has 104 valence electrons. The van der Waals surface area contributed by atoms with Gasteiger partial charge >= 0.3 is 0 Å². The number of nitrogens with zero attached hydrogens (tertiary/aromatic N) is 3. The standard InChI is InChI=1S/C14H21N3O2/c1-9-7-13(11(3)16-15-9)14(19)17-6-4-5-12(17)8-10(2)18/h7,10,12,18H,4-6,8H2,1-3H3. The van der Waals surface area contributed by atoms with Crippen LogP contribution in [0.3, 0.4) is 0 Å². The van der Waals surface area contributed by atoms with E-state index in [4.69, 9.17) is 0 Å². The van der Waals surface area contributed by atoms with Crippen LogP contribution in [0.15, 0.2) is 6.07 Å². The van der Waals surface area contributed by atoms with Gasteiger partial charge in [0.2, 0.25) is 0 Å². The van der Waals surface area contributed by atoms with E-state index in [-0.39, 0.29) is 18.1 Å². The van der Waals surface area contributed by atoms with Gasteiger partial charge in [0.15, 0.2) is 0 Å². The minimum absolute atomic E-state index is 0.0126. The monoisotopic (exact) mass is 263 g/mol. The summed E-state index contributed by atoms with van der Waals surface area (Å²) in [5, 5.41) is 17.5. The summed E-state index contributed by atoms with van der Waals surface area (Å²) in [6.07, 6.45) is 2.23. The first-order valence-electron chi connectivity index (χ1n) is 6.79. The van der Waals surface area contributed by atoms with Crippen LogP contribution in [0.4, 0.5) is 0 Å². The number of rotatable bonds is 3. The average molecular weight is 263 g/mol. The van der Waals surface area contributed by atoms with Crippen molar-refractivity contribution in [3.8, 4) is 0 Å². The summed E-state index contributed by atoms with van der Waals surface area (Å²) >= 11 is 0. The van der Waals surface area contributed by atoms with Gasteiger partial charge in [0.25, 0.3) is 5.91 Å². The highest BCUT2D eigenvalue weighted by atomic mass is 16.3. The summed E-state index contributed by atoms with van der Waals surface area (Å²) in [7, 11) is 0. The Morgan fingerprint density at radius 3 is 2.95 bits per heavy atom. The van der Waals surface area contributed by atoms with Gasteiger partial charge in [0, 0.05) is 12.6 Å². The third kappa shape index (κ3) is 3.10. The van der Waals surface area contributed by atoms with Crippen LogP contribution in [0.1, 0.15) is 47.9 Å². The van der Waals surface area contributed by atoms with Gasteiger partial charge in [-0.3, -0.25) is 4.79 Å². The van der Waals surface area contributed by atoms with Crippen LogP contribution < -0.4 is 0 Å². The van der Waals surface area contributed by atoms with Gasteiger partial charge in [-0.2, -0.15) is 10.2 Å². The molecule has 19 heavy (non-hydrogen) atoms. The molecule has 1 aliphatic heterocycles. The molecule has 0 bridgehead atoms. The number of carbonyl (C=O) groups is 1. The van der Waals surface area contributed by atoms with E-state index < -0.39 is 0 Å². The van der Waals surface area contributed by atoms with Gasteiger partial charge in [-0.05, 0) is 46.1 Å². The molecule has 0 radical (unpaired) electrons. The number of likely N-dealkylation sites (tertiary alicyclic amines) is 1. The van der Waals surface area contributed by atoms with E-state index >= 15 is 0 Å². The van der Waals surface area contributed by atoms with Gasteiger partial charge in [-0.1, -0.05) is 0 Å². The van der Waals surface area contributed by atoms with Gasteiger partial charge in [0.1, 0.15) is 0 Å². The van der Waals surface area contributed by atoms with E-state index in [0.717, 1.165) is 25.1 Å². The summed E-state index contributed by atoms with van der Waals surface area (Å²) in [6, 6.07) is 1.93. The molecule has 1 fully saturated rings. The Bertz CT molecular complexity index is 474. The van der Waals surface area contributed by atoms with Crippen LogP contribution in [-0.2, 0) is 0 Å². The molecule has 2 atom stereocenters. The Hall–Kier alpha value is -1.49. The molecule has 0 saturated carbocycles. The predicted octanol–water partition coefficient (Wildman–Crippen LogP) is 1.47. The predicted molar refractivity (Wildman–Crippen MR) is 71.9 cm³/mol. The van der Waals surface area contributed by atoms with Gasteiger partial charge < -0.3 is 10.0 Å². The maximum Gasteiger partial charge on any atom is 0.256 e. The van der Waals surface area contributed by atoms with Gasteiger partial charge in [0.05, 0.1) is 23.1 Å². The molecule has 2 heterocycles. The topological polar surface area (TPSA) is 66.3 Å². The Balaban J connectivity index is 2.20. The molecular weight excluding hydrogens is 242 g/mol. The second-order valence-corrected chi connectivity index (χ2v) is 5.36. The molecule has 0 aliphatic carbocycles. The number of hydrogen-bond acceptors (Lipinski definition) is 4. The SMILES string of the molecule is Cc1cc(C(=O)N2CCCC2CC(C)O)c(C)nn1. The highest BCUT2D eigenvalue weighted by molar-refractivity contribution is 5.95. The zero-order valence-electron chi connectivity index (χ0n) is 11.8. The fourth-order valence-corrected chi connectivity index (χ4v) is 2.66. The van der Waals surface area contributed by atoms with Gasteiger partial charge in [-0.25, -0.2) is 0 Å². The first kappa shape index (κ1) is 13.9. The Kier molecular flexibility index (Phi) is 4.14.